The summed E-state index contributed by atoms with van der Waals surface area (Å²) in [5.41, 5.74) is 0.817. The van der Waals surface area contributed by atoms with Crippen LogP contribution in [0.1, 0.15) is 23.2 Å². The quantitative estimate of drug-likeness (QED) is 0.440. The van der Waals surface area contributed by atoms with Crippen molar-refractivity contribution in [2.45, 2.75) is 17.7 Å². The Morgan fingerprint density at radius 3 is 2.68 bits per heavy atom. The number of amides is 2. The molecule has 1 aliphatic rings. The van der Waals surface area contributed by atoms with Crippen molar-refractivity contribution in [3.63, 3.8) is 0 Å². The highest BCUT2D eigenvalue weighted by Gasteiger charge is 2.41. The number of hydrogen-bond acceptors (Lipinski definition) is 7. The number of non-ortho nitro benzene ring substituents is 1. The van der Waals surface area contributed by atoms with Crippen LogP contribution in [0.3, 0.4) is 0 Å². The normalized spacial score (nSPS) is 15.5. The molecule has 118 valence electrons. The number of nitro benzene ring substituents is 1. The van der Waals surface area contributed by atoms with Gasteiger partial charge in [0.2, 0.25) is 5.91 Å². The van der Waals surface area contributed by atoms with Gasteiger partial charge in [0.1, 0.15) is 4.90 Å². The number of nitrogens with one attached hydrogen (secondary N) is 1. The van der Waals surface area contributed by atoms with Gasteiger partial charge in [0.05, 0.1) is 10.5 Å². The molecule has 0 aliphatic carbocycles. The van der Waals surface area contributed by atoms with E-state index in [-0.39, 0.29) is 24.9 Å². The minimum absolute atomic E-state index is 0.00739. The number of nitro groups is 1. The van der Waals surface area contributed by atoms with Crippen LogP contribution < -0.4 is 5.48 Å². The van der Waals surface area contributed by atoms with Gasteiger partial charge in [-0.05, 0) is 12.5 Å². The maximum Gasteiger partial charge on any atom is 0.270 e. The van der Waals surface area contributed by atoms with Gasteiger partial charge < -0.3 is 0 Å². The zero-order chi connectivity index (χ0) is 16.5. The Morgan fingerprint density at radius 2 is 2.09 bits per heavy atom. The van der Waals surface area contributed by atoms with E-state index in [1.165, 1.54) is 5.48 Å². The molecule has 0 fully saturated rings. The van der Waals surface area contributed by atoms with Crippen molar-refractivity contribution in [2.24, 2.45) is 0 Å². The molecule has 1 aromatic rings. The molecule has 0 radical (unpaired) electrons. The molecule has 1 aliphatic heterocycles. The van der Waals surface area contributed by atoms with Crippen LogP contribution in [0.15, 0.2) is 23.1 Å². The molecule has 11 heteroatoms. The monoisotopic (exact) mass is 329 g/mol. The van der Waals surface area contributed by atoms with Crippen molar-refractivity contribution in [1.82, 2.24) is 9.79 Å². The predicted molar refractivity (Wildman–Crippen MR) is 70.5 cm³/mol. The molecule has 1 aromatic carbocycles. The topological polar surface area (TPSA) is 147 Å². The number of hydrogen-bond donors (Lipinski definition) is 2. The number of benzene rings is 1. The fraction of sp³-hybridized carbons (Fsp3) is 0.273. The predicted octanol–water partition coefficient (Wildman–Crippen LogP) is 0.0249. The van der Waals surface area contributed by atoms with E-state index in [4.69, 9.17) is 5.21 Å². The van der Waals surface area contributed by atoms with Crippen molar-refractivity contribution in [3.05, 3.63) is 33.9 Å². The maximum atomic E-state index is 12.2. The Morgan fingerprint density at radius 1 is 1.41 bits per heavy atom. The largest absolute Gasteiger partial charge is 0.289 e. The van der Waals surface area contributed by atoms with Gasteiger partial charge in [-0.25, -0.2) is 18.2 Å². The lowest BCUT2D eigenvalue weighted by atomic mass is 10.2. The third-order valence-corrected chi connectivity index (χ3v) is 4.91. The molecule has 2 N–H and O–H groups in total. The van der Waals surface area contributed by atoms with Crippen molar-refractivity contribution >= 4 is 27.5 Å². The zero-order valence-electron chi connectivity index (χ0n) is 11.1. The number of fused-ring (bicyclic) bond motifs is 1. The van der Waals surface area contributed by atoms with E-state index in [1.807, 2.05) is 0 Å². The summed E-state index contributed by atoms with van der Waals surface area (Å²) >= 11 is 0. The van der Waals surface area contributed by atoms with E-state index < -0.39 is 37.3 Å². The molecule has 0 spiro atoms. The van der Waals surface area contributed by atoms with Crippen LogP contribution in [-0.4, -0.2) is 41.2 Å². The Bertz CT molecular complexity index is 759. The van der Waals surface area contributed by atoms with E-state index in [0.29, 0.717) is 4.31 Å². The van der Waals surface area contributed by atoms with Crippen LogP contribution in [0.2, 0.25) is 0 Å². The SMILES string of the molecule is O=C(CCCN1C(=O)c2ccc([N+](=O)[O-])cc2S1(=O)=O)NO. The van der Waals surface area contributed by atoms with Crippen LogP contribution >= 0.6 is 0 Å². The summed E-state index contributed by atoms with van der Waals surface area (Å²) in [6.07, 6.45) is -0.167. The van der Waals surface area contributed by atoms with Gasteiger partial charge in [0, 0.05) is 25.1 Å². The zero-order valence-corrected chi connectivity index (χ0v) is 11.9. The van der Waals surface area contributed by atoms with Crippen LogP contribution in [0.25, 0.3) is 0 Å². The Hall–Kier alpha value is -2.53. The first-order valence-corrected chi connectivity index (χ1v) is 7.51. The van der Waals surface area contributed by atoms with Gasteiger partial charge in [-0.3, -0.25) is 24.9 Å². The highest BCUT2D eigenvalue weighted by Crippen LogP contribution is 2.33. The molecule has 1 heterocycles. The second-order valence-corrected chi connectivity index (χ2v) is 6.29. The molecule has 22 heavy (non-hydrogen) atoms. The third kappa shape index (κ3) is 2.63. The summed E-state index contributed by atoms with van der Waals surface area (Å²) < 4.78 is 25.1. The summed E-state index contributed by atoms with van der Waals surface area (Å²) in [4.78, 5) is 32.5. The lowest BCUT2D eigenvalue weighted by Crippen LogP contribution is -2.31. The van der Waals surface area contributed by atoms with Crippen molar-refractivity contribution in [1.29, 1.82) is 0 Å². The summed E-state index contributed by atoms with van der Waals surface area (Å²) in [7, 11) is -4.17. The van der Waals surface area contributed by atoms with Gasteiger partial charge in [-0.2, -0.15) is 0 Å². The fourth-order valence-electron chi connectivity index (χ4n) is 2.04. The molecule has 0 atom stereocenters. The van der Waals surface area contributed by atoms with Gasteiger partial charge in [0.15, 0.2) is 0 Å². The molecule has 2 rings (SSSR count). The Labute approximate surface area is 124 Å². The Kier molecular flexibility index (Phi) is 4.10. The summed E-state index contributed by atoms with van der Waals surface area (Å²) in [5.74, 6) is -1.51. The van der Waals surface area contributed by atoms with Gasteiger partial charge in [-0.15, -0.1) is 0 Å². The van der Waals surface area contributed by atoms with Crippen LogP contribution in [0, 0.1) is 10.1 Å². The highest BCUT2D eigenvalue weighted by atomic mass is 32.2. The molecule has 2 amide bonds. The van der Waals surface area contributed by atoms with Crippen LogP contribution in [0.5, 0.6) is 0 Å². The van der Waals surface area contributed by atoms with Crippen molar-refractivity contribution in [3.8, 4) is 0 Å². The minimum Gasteiger partial charge on any atom is -0.289 e. The first-order valence-electron chi connectivity index (χ1n) is 6.07. The highest BCUT2D eigenvalue weighted by molar-refractivity contribution is 7.90. The second kappa shape index (κ2) is 5.69. The second-order valence-electron chi connectivity index (χ2n) is 4.46. The van der Waals surface area contributed by atoms with E-state index in [2.05, 4.69) is 0 Å². The smallest absolute Gasteiger partial charge is 0.270 e. The molecule has 0 saturated heterocycles. The number of carbonyl (C=O) groups excluding carboxylic acids is 2. The minimum atomic E-state index is -4.17. The van der Waals surface area contributed by atoms with E-state index in [1.54, 1.807) is 0 Å². The van der Waals surface area contributed by atoms with E-state index >= 15 is 0 Å². The number of sulfonamides is 1. The molecule has 0 saturated carbocycles. The summed E-state index contributed by atoms with van der Waals surface area (Å²) in [6.45, 7) is -0.267. The molecular formula is C11H11N3O7S. The first-order chi connectivity index (χ1) is 10.3. The van der Waals surface area contributed by atoms with Crippen LogP contribution in [-0.2, 0) is 14.8 Å². The fourth-order valence-corrected chi connectivity index (χ4v) is 3.66. The van der Waals surface area contributed by atoms with Crippen molar-refractivity contribution < 1.29 is 28.1 Å². The first kappa shape index (κ1) is 15.9. The average molecular weight is 329 g/mol. The van der Waals surface area contributed by atoms with Crippen LogP contribution in [0.4, 0.5) is 5.69 Å². The average Bonchev–Trinajstić information content (AvgIpc) is 2.67. The molecule has 0 unspecified atom stereocenters. The number of hydroxylamine groups is 1. The molecular weight excluding hydrogens is 318 g/mol. The van der Waals surface area contributed by atoms with E-state index in [9.17, 15) is 28.1 Å². The third-order valence-electron chi connectivity index (χ3n) is 3.09. The van der Waals surface area contributed by atoms with Gasteiger partial charge >= 0.3 is 0 Å². The molecule has 0 aromatic heterocycles. The van der Waals surface area contributed by atoms with Gasteiger partial charge in [-0.1, -0.05) is 0 Å². The lowest BCUT2D eigenvalue weighted by molar-refractivity contribution is -0.385. The van der Waals surface area contributed by atoms with Gasteiger partial charge in [0.25, 0.3) is 21.6 Å². The molecule has 10 nitrogen and oxygen atoms in total. The number of nitrogens with zero attached hydrogens (tertiary/aromatic N) is 2. The summed E-state index contributed by atoms with van der Waals surface area (Å²) in [5, 5.41) is 19.0. The maximum absolute atomic E-state index is 12.2. The van der Waals surface area contributed by atoms with Crippen molar-refractivity contribution in [2.75, 3.05) is 6.54 Å². The summed E-state index contributed by atoms with van der Waals surface area (Å²) in [6, 6.07) is 2.98. The molecule has 0 bridgehead atoms. The Balaban J connectivity index is 2.28. The lowest BCUT2D eigenvalue weighted by Gasteiger charge is -2.14. The number of carbonyl (C=O) groups is 2. The standard InChI is InChI=1S/C11H11N3O7S/c15-10(12-17)2-1-5-13-11(16)8-4-3-7(14(18)19)6-9(8)22(13,20)21/h3-4,6,17H,1-2,5H2,(H,12,15). The van der Waals surface area contributed by atoms with E-state index in [0.717, 1.165) is 18.2 Å². The number of rotatable bonds is 5.